The van der Waals surface area contributed by atoms with Crippen molar-refractivity contribution in [2.45, 2.75) is 6.42 Å². The van der Waals surface area contributed by atoms with Crippen molar-refractivity contribution in [3.8, 4) is 17.1 Å². The zero-order valence-corrected chi connectivity index (χ0v) is 14.2. The molecule has 0 radical (unpaired) electrons. The first-order valence-corrected chi connectivity index (χ1v) is 8.15. The quantitative estimate of drug-likeness (QED) is 0.732. The number of hydrogen-bond acceptors (Lipinski definition) is 5. The van der Waals surface area contributed by atoms with Crippen LogP contribution in [0.3, 0.4) is 0 Å². The number of nitrogens with zero attached hydrogens (tertiary/aromatic N) is 2. The van der Waals surface area contributed by atoms with Crippen molar-refractivity contribution in [1.82, 2.24) is 9.36 Å². The minimum atomic E-state index is -0.673. The Morgan fingerprint density at radius 2 is 1.96 bits per heavy atom. The first-order chi connectivity index (χ1) is 12.5. The molecule has 2 aromatic carbocycles. The summed E-state index contributed by atoms with van der Waals surface area (Å²) in [6.45, 7) is 0. The van der Waals surface area contributed by atoms with Gasteiger partial charge in [0.15, 0.2) is 17.4 Å². The summed E-state index contributed by atoms with van der Waals surface area (Å²) >= 11 is 0.892. The Kier molecular flexibility index (Phi) is 5.17. The number of aromatic nitrogens is 2. The molecule has 0 aliphatic rings. The van der Waals surface area contributed by atoms with Crippen molar-refractivity contribution in [2.75, 3.05) is 12.4 Å². The molecule has 0 bridgehead atoms. The molecule has 134 valence electrons. The Hall–Kier alpha value is -2.94. The van der Waals surface area contributed by atoms with Gasteiger partial charge in [-0.2, -0.15) is 9.36 Å². The molecule has 0 aliphatic carbocycles. The van der Waals surface area contributed by atoms with Crippen LogP contribution in [0.4, 0.5) is 18.3 Å². The van der Waals surface area contributed by atoms with E-state index in [4.69, 9.17) is 4.74 Å². The summed E-state index contributed by atoms with van der Waals surface area (Å²) in [5.74, 6) is -2.12. The van der Waals surface area contributed by atoms with E-state index < -0.39 is 23.4 Å². The van der Waals surface area contributed by atoms with E-state index in [1.54, 1.807) is 6.07 Å². The van der Waals surface area contributed by atoms with Gasteiger partial charge in [-0.25, -0.2) is 13.2 Å². The van der Waals surface area contributed by atoms with E-state index in [9.17, 15) is 18.0 Å². The Labute approximate surface area is 150 Å². The van der Waals surface area contributed by atoms with Gasteiger partial charge in [0.1, 0.15) is 11.6 Å². The second-order valence-corrected chi connectivity index (χ2v) is 5.98. The monoisotopic (exact) mass is 379 g/mol. The molecule has 0 fully saturated rings. The van der Waals surface area contributed by atoms with Gasteiger partial charge in [0.05, 0.1) is 13.5 Å². The number of hydrogen-bond donors (Lipinski definition) is 1. The molecule has 1 aromatic heterocycles. The van der Waals surface area contributed by atoms with Crippen molar-refractivity contribution in [2.24, 2.45) is 0 Å². The third-order valence-electron chi connectivity index (χ3n) is 3.44. The highest BCUT2D eigenvalue weighted by molar-refractivity contribution is 7.10. The van der Waals surface area contributed by atoms with E-state index in [1.807, 2.05) is 0 Å². The topological polar surface area (TPSA) is 64.1 Å². The highest BCUT2D eigenvalue weighted by atomic mass is 32.1. The molecule has 5 nitrogen and oxygen atoms in total. The van der Waals surface area contributed by atoms with Crippen LogP contribution in [0.1, 0.15) is 5.56 Å². The fourth-order valence-corrected chi connectivity index (χ4v) is 2.82. The Morgan fingerprint density at radius 3 is 2.69 bits per heavy atom. The molecule has 3 aromatic rings. The van der Waals surface area contributed by atoms with Crippen LogP contribution in [0.15, 0.2) is 36.4 Å². The number of carbonyl (C=O) groups excluding carboxylic acids is 1. The molecule has 3 rings (SSSR count). The number of carbonyl (C=O) groups is 1. The Balaban J connectivity index is 1.71. The lowest BCUT2D eigenvalue weighted by molar-refractivity contribution is -0.115. The number of anilines is 1. The van der Waals surface area contributed by atoms with Crippen molar-refractivity contribution < 1.29 is 22.7 Å². The number of ether oxygens (including phenoxy) is 1. The zero-order valence-electron chi connectivity index (χ0n) is 13.4. The Bertz CT molecular complexity index is 962. The largest absolute Gasteiger partial charge is 0.494 e. The van der Waals surface area contributed by atoms with E-state index >= 15 is 0 Å². The molecule has 1 heterocycles. The number of methoxy groups -OCH3 is 1. The molecular weight excluding hydrogens is 367 g/mol. The predicted molar refractivity (Wildman–Crippen MR) is 90.5 cm³/mol. The van der Waals surface area contributed by atoms with Crippen LogP contribution in [-0.2, 0) is 11.2 Å². The van der Waals surface area contributed by atoms with E-state index in [0.717, 1.165) is 29.7 Å². The van der Waals surface area contributed by atoms with Gasteiger partial charge < -0.3 is 10.1 Å². The second-order valence-electron chi connectivity index (χ2n) is 5.23. The van der Waals surface area contributed by atoms with Crippen molar-refractivity contribution in [1.29, 1.82) is 0 Å². The number of nitrogens with one attached hydrogen (secondary N) is 1. The number of benzene rings is 2. The van der Waals surface area contributed by atoms with Crippen LogP contribution < -0.4 is 10.1 Å². The van der Waals surface area contributed by atoms with Gasteiger partial charge in [0, 0.05) is 22.7 Å². The maximum atomic E-state index is 13.8. The van der Waals surface area contributed by atoms with Gasteiger partial charge in [-0.15, -0.1) is 0 Å². The molecule has 0 saturated carbocycles. The van der Waals surface area contributed by atoms with E-state index in [1.165, 1.54) is 19.2 Å². The van der Waals surface area contributed by atoms with Gasteiger partial charge in [-0.3, -0.25) is 4.79 Å². The third kappa shape index (κ3) is 3.99. The molecule has 1 amide bonds. The Morgan fingerprint density at radius 1 is 1.15 bits per heavy atom. The van der Waals surface area contributed by atoms with Gasteiger partial charge in [-0.05, 0) is 36.4 Å². The van der Waals surface area contributed by atoms with Crippen molar-refractivity contribution in [3.63, 3.8) is 0 Å². The van der Waals surface area contributed by atoms with E-state index in [0.29, 0.717) is 5.56 Å². The van der Waals surface area contributed by atoms with Crippen LogP contribution in [0.5, 0.6) is 5.75 Å². The fraction of sp³-hybridized carbons (Fsp3) is 0.118. The minimum Gasteiger partial charge on any atom is -0.494 e. The molecule has 9 heteroatoms. The lowest BCUT2D eigenvalue weighted by Crippen LogP contribution is -2.15. The van der Waals surface area contributed by atoms with Crippen molar-refractivity contribution >= 4 is 22.6 Å². The van der Waals surface area contributed by atoms with E-state index in [-0.39, 0.29) is 28.7 Å². The normalized spacial score (nSPS) is 10.6. The molecule has 0 aliphatic heterocycles. The van der Waals surface area contributed by atoms with Gasteiger partial charge in [-0.1, -0.05) is 0 Å². The molecular formula is C17H12F3N3O2S. The number of halogens is 3. The smallest absolute Gasteiger partial charge is 0.230 e. The minimum absolute atomic E-state index is 0.0653. The second kappa shape index (κ2) is 7.52. The number of amides is 1. The summed E-state index contributed by atoms with van der Waals surface area (Å²) in [7, 11) is 1.36. The van der Waals surface area contributed by atoms with Gasteiger partial charge >= 0.3 is 0 Å². The summed E-state index contributed by atoms with van der Waals surface area (Å²) in [5, 5.41) is 2.63. The van der Waals surface area contributed by atoms with Crippen molar-refractivity contribution in [3.05, 3.63) is 59.4 Å². The number of rotatable bonds is 5. The zero-order chi connectivity index (χ0) is 18.7. The SMILES string of the molecule is COc1ccc(-c2nsc(NC(=O)Cc3cc(F)ccc3F)n2)cc1F. The highest BCUT2D eigenvalue weighted by Crippen LogP contribution is 2.26. The van der Waals surface area contributed by atoms with Crippen LogP contribution in [0, 0.1) is 17.5 Å². The maximum absolute atomic E-state index is 13.8. The van der Waals surface area contributed by atoms with Crippen LogP contribution in [-0.4, -0.2) is 22.4 Å². The summed E-state index contributed by atoms with van der Waals surface area (Å²) in [5.41, 5.74) is 0.348. The summed E-state index contributed by atoms with van der Waals surface area (Å²) in [4.78, 5) is 16.1. The highest BCUT2D eigenvalue weighted by Gasteiger charge is 2.14. The molecule has 0 unspecified atom stereocenters. The fourth-order valence-electron chi connectivity index (χ4n) is 2.21. The lowest BCUT2D eigenvalue weighted by atomic mass is 10.1. The van der Waals surface area contributed by atoms with Gasteiger partial charge in [0.2, 0.25) is 11.0 Å². The van der Waals surface area contributed by atoms with Crippen LogP contribution in [0.2, 0.25) is 0 Å². The summed E-state index contributed by atoms with van der Waals surface area (Å²) in [6.07, 6.45) is -0.352. The third-order valence-corrected chi connectivity index (χ3v) is 4.07. The first-order valence-electron chi connectivity index (χ1n) is 7.37. The molecule has 0 saturated heterocycles. The van der Waals surface area contributed by atoms with Crippen LogP contribution in [0.25, 0.3) is 11.4 Å². The summed E-state index contributed by atoms with van der Waals surface area (Å²) in [6, 6.07) is 7.13. The standard InChI is InChI=1S/C17H12F3N3O2S/c1-25-14-5-2-9(7-13(14)20)16-22-17(26-23-16)21-15(24)8-10-6-11(18)3-4-12(10)19/h2-7H,8H2,1H3,(H,21,22,23,24). The molecule has 0 spiro atoms. The molecule has 26 heavy (non-hydrogen) atoms. The average Bonchev–Trinajstić information content (AvgIpc) is 3.06. The van der Waals surface area contributed by atoms with Crippen LogP contribution >= 0.6 is 11.5 Å². The predicted octanol–water partition coefficient (Wildman–Crippen LogP) is 3.81. The van der Waals surface area contributed by atoms with E-state index in [2.05, 4.69) is 14.7 Å². The molecule has 0 atom stereocenters. The summed E-state index contributed by atoms with van der Waals surface area (Å²) < 4.78 is 49.4. The lowest BCUT2D eigenvalue weighted by Gasteiger charge is -2.03. The van der Waals surface area contributed by atoms with Gasteiger partial charge in [0.25, 0.3) is 0 Å². The molecule has 1 N–H and O–H groups in total. The average molecular weight is 379 g/mol. The maximum Gasteiger partial charge on any atom is 0.230 e. The first kappa shape index (κ1) is 17.9.